The molecule has 0 saturated heterocycles. The Kier molecular flexibility index (Phi) is 5.37. The van der Waals surface area contributed by atoms with Crippen LogP contribution in [0.15, 0.2) is 54.7 Å². The third-order valence-electron chi connectivity index (χ3n) is 4.35. The lowest BCUT2D eigenvalue weighted by molar-refractivity contribution is 0.0951. The van der Waals surface area contributed by atoms with Crippen LogP contribution in [0, 0.1) is 6.92 Å². The van der Waals surface area contributed by atoms with Gasteiger partial charge in [0.15, 0.2) is 0 Å². The van der Waals surface area contributed by atoms with Crippen molar-refractivity contribution < 1.29 is 9.53 Å². The fourth-order valence-corrected chi connectivity index (χ4v) is 2.88. The molecule has 0 aliphatic heterocycles. The number of para-hydroxylation sites is 1. The molecule has 0 spiro atoms. The number of hydrogen-bond donors (Lipinski definition) is 1. The summed E-state index contributed by atoms with van der Waals surface area (Å²) < 4.78 is 7.30. The Bertz CT molecular complexity index is 915. The van der Waals surface area contributed by atoms with Crippen LogP contribution in [0.5, 0.6) is 5.75 Å². The van der Waals surface area contributed by atoms with Crippen molar-refractivity contribution in [1.82, 2.24) is 15.1 Å². The summed E-state index contributed by atoms with van der Waals surface area (Å²) in [6.07, 6.45) is 1.97. The Morgan fingerprint density at radius 3 is 2.73 bits per heavy atom. The molecule has 1 amide bonds. The van der Waals surface area contributed by atoms with E-state index in [1.807, 2.05) is 73.3 Å². The van der Waals surface area contributed by atoms with Gasteiger partial charge in [-0.25, -0.2) is 0 Å². The average Bonchev–Trinajstić information content (AvgIpc) is 3.06. The van der Waals surface area contributed by atoms with Crippen molar-refractivity contribution in [1.29, 1.82) is 0 Å². The number of aromatic nitrogens is 2. The topological polar surface area (TPSA) is 56.2 Å². The smallest absolute Gasteiger partial charge is 0.251 e. The fraction of sp³-hybridized carbons (Fsp3) is 0.238. The number of aryl methyl sites for hydroxylation is 2. The molecule has 134 valence electrons. The molecule has 3 rings (SSSR count). The number of carbonyl (C=O) groups is 1. The molecular weight excluding hydrogens is 326 g/mol. The van der Waals surface area contributed by atoms with E-state index in [1.54, 1.807) is 7.11 Å². The zero-order valence-corrected chi connectivity index (χ0v) is 15.3. The van der Waals surface area contributed by atoms with Gasteiger partial charge < -0.3 is 10.1 Å². The lowest BCUT2D eigenvalue weighted by atomic mass is 10.0. The van der Waals surface area contributed by atoms with E-state index in [1.165, 1.54) is 0 Å². The molecule has 1 aromatic heterocycles. The maximum Gasteiger partial charge on any atom is 0.251 e. The summed E-state index contributed by atoms with van der Waals surface area (Å²) in [6.45, 7) is 5.27. The van der Waals surface area contributed by atoms with E-state index in [0.717, 1.165) is 34.7 Å². The predicted octanol–water partition coefficient (Wildman–Crippen LogP) is 3.82. The zero-order chi connectivity index (χ0) is 18.5. The van der Waals surface area contributed by atoms with Crippen LogP contribution in [0.25, 0.3) is 11.1 Å². The summed E-state index contributed by atoms with van der Waals surface area (Å²) in [5.41, 5.74) is 4.50. The van der Waals surface area contributed by atoms with E-state index in [9.17, 15) is 4.79 Å². The standard InChI is InChI=1S/C21H23N3O2/c1-4-24-14-18(15(2)23-24)13-22-21(25)17-9-7-8-16(12-17)19-10-5-6-11-20(19)26-3/h5-12,14H,4,13H2,1-3H3,(H,22,25). The Balaban J connectivity index is 1.77. The molecule has 0 unspecified atom stereocenters. The van der Waals surface area contributed by atoms with E-state index in [4.69, 9.17) is 4.74 Å². The van der Waals surface area contributed by atoms with Crippen molar-refractivity contribution >= 4 is 5.91 Å². The predicted molar refractivity (Wildman–Crippen MR) is 102 cm³/mol. The van der Waals surface area contributed by atoms with Gasteiger partial charge >= 0.3 is 0 Å². The van der Waals surface area contributed by atoms with Gasteiger partial charge in [-0.05, 0) is 37.6 Å². The summed E-state index contributed by atoms with van der Waals surface area (Å²) in [5.74, 6) is 0.679. The van der Waals surface area contributed by atoms with Gasteiger partial charge in [0.05, 0.1) is 12.8 Å². The van der Waals surface area contributed by atoms with Gasteiger partial charge in [-0.1, -0.05) is 30.3 Å². The van der Waals surface area contributed by atoms with Crippen LogP contribution in [0.3, 0.4) is 0 Å². The van der Waals surface area contributed by atoms with E-state index >= 15 is 0 Å². The minimum Gasteiger partial charge on any atom is -0.496 e. The van der Waals surface area contributed by atoms with Crippen LogP contribution < -0.4 is 10.1 Å². The Hall–Kier alpha value is -3.08. The summed E-state index contributed by atoms with van der Waals surface area (Å²) in [7, 11) is 1.65. The summed E-state index contributed by atoms with van der Waals surface area (Å²) in [5, 5.41) is 7.38. The lowest BCUT2D eigenvalue weighted by Crippen LogP contribution is -2.22. The van der Waals surface area contributed by atoms with E-state index < -0.39 is 0 Å². The van der Waals surface area contributed by atoms with Crippen LogP contribution in [0.2, 0.25) is 0 Å². The van der Waals surface area contributed by atoms with Gasteiger partial charge in [-0.2, -0.15) is 5.10 Å². The SMILES string of the molecule is CCn1cc(CNC(=O)c2cccc(-c3ccccc3OC)c2)c(C)n1. The second-order valence-corrected chi connectivity index (χ2v) is 6.06. The number of rotatable bonds is 6. The molecule has 3 aromatic rings. The van der Waals surface area contributed by atoms with Crippen molar-refractivity contribution in [2.75, 3.05) is 7.11 Å². The number of hydrogen-bond acceptors (Lipinski definition) is 3. The summed E-state index contributed by atoms with van der Waals surface area (Å²) >= 11 is 0. The molecule has 1 heterocycles. The third kappa shape index (κ3) is 3.77. The van der Waals surface area contributed by atoms with Crippen LogP contribution in [-0.4, -0.2) is 22.8 Å². The van der Waals surface area contributed by atoms with Crippen LogP contribution >= 0.6 is 0 Å². The van der Waals surface area contributed by atoms with E-state index in [-0.39, 0.29) is 5.91 Å². The minimum atomic E-state index is -0.106. The average molecular weight is 349 g/mol. The molecule has 0 aliphatic carbocycles. The molecule has 0 radical (unpaired) electrons. The fourth-order valence-electron chi connectivity index (χ4n) is 2.88. The Morgan fingerprint density at radius 2 is 2.00 bits per heavy atom. The normalized spacial score (nSPS) is 10.6. The molecule has 26 heavy (non-hydrogen) atoms. The highest BCUT2D eigenvalue weighted by Gasteiger charge is 2.11. The molecule has 0 bridgehead atoms. The first-order valence-corrected chi connectivity index (χ1v) is 8.67. The zero-order valence-electron chi connectivity index (χ0n) is 15.3. The lowest BCUT2D eigenvalue weighted by Gasteiger charge is -2.10. The van der Waals surface area contributed by atoms with Gasteiger partial charge in [-0.3, -0.25) is 9.48 Å². The van der Waals surface area contributed by atoms with Gasteiger partial charge in [0.1, 0.15) is 5.75 Å². The van der Waals surface area contributed by atoms with Crippen LogP contribution in [0.1, 0.15) is 28.5 Å². The molecule has 0 fully saturated rings. The molecule has 5 nitrogen and oxygen atoms in total. The second kappa shape index (κ2) is 7.87. The maximum atomic E-state index is 12.6. The van der Waals surface area contributed by atoms with Gasteiger partial charge in [-0.15, -0.1) is 0 Å². The minimum absolute atomic E-state index is 0.106. The second-order valence-electron chi connectivity index (χ2n) is 6.06. The van der Waals surface area contributed by atoms with Crippen LogP contribution in [-0.2, 0) is 13.1 Å². The number of benzene rings is 2. The number of nitrogens with one attached hydrogen (secondary N) is 1. The number of carbonyl (C=O) groups excluding carboxylic acids is 1. The molecule has 0 atom stereocenters. The highest BCUT2D eigenvalue weighted by atomic mass is 16.5. The first-order valence-electron chi connectivity index (χ1n) is 8.67. The van der Waals surface area contributed by atoms with Crippen molar-refractivity contribution in [2.24, 2.45) is 0 Å². The number of amides is 1. The van der Waals surface area contributed by atoms with Crippen molar-refractivity contribution in [3.63, 3.8) is 0 Å². The van der Waals surface area contributed by atoms with Crippen molar-refractivity contribution in [2.45, 2.75) is 26.9 Å². The van der Waals surface area contributed by atoms with E-state index in [0.29, 0.717) is 12.1 Å². The van der Waals surface area contributed by atoms with Crippen LogP contribution in [0.4, 0.5) is 0 Å². The highest BCUT2D eigenvalue weighted by molar-refractivity contribution is 5.95. The summed E-state index contributed by atoms with van der Waals surface area (Å²) in [6, 6.07) is 15.3. The highest BCUT2D eigenvalue weighted by Crippen LogP contribution is 2.29. The summed E-state index contributed by atoms with van der Waals surface area (Å²) in [4.78, 5) is 12.6. The first-order chi connectivity index (χ1) is 12.6. The van der Waals surface area contributed by atoms with Gasteiger partial charge in [0, 0.05) is 36.0 Å². The van der Waals surface area contributed by atoms with Crippen molar-refractivity contribution in [3.8, 4) is 16.9 Å². The maximum absolute atomic E-state index is 12.6. The first kappa shape index (κ1) is 17.7. The molecule has 2 aromatic carbocycles. The molecule has 0 aliphatic rings. The largest absolute Gasteiger partial charge is 0.496 e. The van der Waals surface area contributed by atoms with E-state index in [2.05, 4.69) is 10.4 Å². The molecule has 5 heteroatoms. The molecular formula is C21H23N3O2. The number of methoxy groups -OCH3 is 1. The monoisotopic (exact) mass is 349 g/mol. The van der Waals surface area contributed by atoms with Gasteiger partial charge in [0.2, 0.25) is 0 Å². The molecule has 0 saturated carbocycles. The molecule has 1 N–H and O–H groups in total. The number of nitrogens with zero attached hydrogens (tertiary/aromatic N) is 2. The Labute approximate surface area is 153 Å². The van der Waals surface area contributed by atoms with Gasteiger partial charge in [0.25, 0.3) is 5.91 Å². The quantitative estimate of drug-likeness (QED) is 0.736. The third-order valence-corrected chi connectivity index (χ3v) is 4.35. The Morgan fingerprint density at radius 1 is 1.19 bits per heavy atom. The number of ether oxygens (including phenoxy) is 1. The van der Waals surface area contributed by atoms with Crippen molar-refractivity contribution in [3.05, 3.63) is 71.5 Å².